The van der Waals surface area contributed by atoms with Crippen molar-refractivity contribution in [3.63, 3.8) is 0 Å². The average molecular weight is 129 g/mol. The maximum Gasteiger partial charge on any atom is 0.338 e. The maximum absolute atomic E-state index is 7.82. The molecule has 0 aliphatic heterocycles. The van der Waals surface area contributed by atoms with E-state index in [0.29, 0.717) is 6.61 Å². The third kappa shape index (κ3) is 4.64. The molecule has 0 aromatic rings. The van der Waals surface area contributed by atoms with Crippen molar-refractivity contribution in [1.29, 1.82) is 0 Å². The van der Waals surface area contributed by atoms with E-state index in [0.717, 1.165) is 0 Å². The molecule has 0 radical (unpaired) electrons. The van der Waals surface area contributed by atoms with Crippen LogP contribution in [0.1, 0.15) is 6.92 Å². The van der Waals surface area contributed by atoms with Gasteiger partial charge in [0.25, 0.3) is 0 Å². The lowest BCUT2D eigenvalue weighted by molar-refractivity contribution is -0.141. The number of hydrogen-bond acceptors (Lipinski definition) is 2. The van der Waals surface area contributed by atoms with Crippen molar-refractivity contribution in [3.8, 4) is 0 Å². The Morgan fingerprint density at radius 2 is 2.56 bits per heavy atom. The molecule has 0 unspecified atom stereocenters. The van der Waals surface area contributed by atoms with Crippen LogP contribution in [-0.2, 0) is 4.74 Å². The smallest absolute Gasteiger partial charge is 0.338 e. The van der Waals surface area contributed by atoms with Crippen LogP contribution in [0, 0.1) is 0 Å². The van der Waals surface area contributed by atoms with Crippen LogP contribution in [0.5, 0.6) is 0 Å². The first-order valence-corrected chi connectivity index (χ1v) is 2.56. The number of hydrogen-bond donors (Lipinski definition) is 1. The fourth-order valence-corrected chi connectivity index (χ4v) is 0.332. The van der Waals surface area contributed by atoms with Crippen LogP contribution in [-0.4, -0.2) is 19.0 Å². The van der Waals surface area contributed by atoms with Gasteiger partial charge in [-0.25, -0.2) is 5.41 Å². The molecule has 0 spiro atoms. The van der Waals surface area contributed by atoms with Crippen molar-refractivity contribution in [1.82, 2.24) is 0 Å². The Hall–Kier alpha value is -1.22. The van der Waals surface area contributed by atoms with Gasteiger partial charge in [-0.2, -0.15) is 0 Å². The van der Waals surface area contributed by atoms with Gasteiger partial charge in [-0.15, -0.1) is 0 Å². The van der Waals surface area contributed by atoms with E-state index in [9.17, 15) is 0 Å². The summed E-state index contributed by atoms with van der Waals surface area (Å²) in [5.74, 6) is 0.260. The molecule has 0 aliphatic carbocycles. The SMILES string of the molecule is CCOC(=[NH2+])CN=[N+]=[N-]. The van der Waals surface area contributed by atoms with E-state index in [2.05, 4.69) is 10.0 Å². The van der Waals surface area contributed by atoms with Gasteiger partial charge in [0.05, 0.1) is 6.61 Å². The predicted octanol–water partition coefficient (Wildman–Crippen LogP) is -0.509. The highest BCUT2D eigenvalue weighted by molar-refractivity contribution is 5.71. The van der Waals surface area contributed by atoms with Crippen molar-refractivity contribution in [2.75, 3.05) is 13.2 Å². The van der Waals surface area contributed by atoms with Crippen LogP contribution in [0.4, 0.5) is 0 Å². The van der Waals surface area contributed by atoms with E-state index < -0.39 is 0 Å². The first kappa shape index (κ1) is 7.78. The zero-order chi connectivity index (χ0) is 7.11. The normalized spacial score (nSPS) is 7.67. The fourth-order valence-electron chi connectivity index (χ4n) is 0.332. The summed E-state index contributed by atoms with van der Waals surface area (Å²) in [4.78, 5) is 2.50. The zero-order valence-corrected chi connectivity index (χ0v) is 5.24. The Bertz CT molecular complexity index is 138. The van der Waals surface area contributed by atoms with Crippen molar-refractivity contribution >= 4 is 5.90 Å². The van der Waals surface area contributed by atoms with E-state index >= 15 is 0 Å². The molecular weight excluding hydrogens is 120 g/mol. The van der Waals surface area contributed by atoms with Crippen molar-refractivity contribution in [3.05, 3.63) is 10.4 Å². The molecule has 0 bridgehead atoms. The highest BCUT2D eigenvalue weighted by Crippen LogP contribution is 1.75. The Kier molecular flexibility index (Phi) is 4.26. The van der Waals surface area contributed by atoms with Crippen LogP contribution < -0.4 is 5.41 Å². The quantitative estimate of drug-likeness (QED) is 0.180. The van der Waals surface area contributed by atoms with Crippen molar-refractivity contribution < 1.29 is 10.1 Å². The summed E-state index contributed by atoms with van der Waals surface area (Å²) in [6.45, 7) is 2.43. The van der Waals surface area contributed by atoms with Gasteiger partial charge in [0, 0.05) is 4.91 Å². The Morgan fingerprint density at radius 3 is 3.00 bits per heavy atom. The minimum Gasteiger partial charge on any atom is -0.448 e. The van der Waals surface area contributed by atoms with Gasteiger partial charge in [0.2, 0.25) is 0 Å². The Balaban J connectivity index is 3.38. The van der Waals surface area contributed by atoms with Crippen LogP contribution in [0.15, 0.2) is 5.11 Å². The highest BCUT2D eigenvalue weighted by atomic mass is 16.5. The molecule has 0 aromatic heterocycles. The molecule has 0 atom stereocenters. The van der Waals surface area contributed by atoms with Gasteiger partial charge in [-0.1, -0.05) is 5.11 Å². The van der Waals surface area contributed by atoms with Crippen molar-refractivity contribution in [2.45, 2.75) is 6.92 Å². The molecule has 0 rings (SSSR count). The van der Waals surface area contributed by atoms with Crippen LogP contribution >= 0.6 is 0 Å². The summed E-state index contributed by atoms with van der Waals surface area (Å²) < 4.78 is 4.77. The molecule has 0 aromatic carbocycles. The highest BCUT2D eigenvalue weighted by Gasteiger charge is 1.97. The van der Waals surface area contributed by atoms with Crippen LogP contribution in [0.3, 0.4) is 0 Å². The lowest BCUT2D eigenvalue weighted by atomic mass is 10.6. The minimum atomic E-state index is 0.115. The number of nitrogens with two attached hydrogens (primary N) is 1. The van der Waals surface area contributed by atoms with E-state index in [4.69, 9.17) is 15.7 Å². The topological polar surface area (TPSA) is 83.6 Å². The molecule has 0 amide bonds. The zero-order valence-electron chi connectivity index (χ0n) is 5.24. The van der Waals surface area contributed by atoms with E-state index in [1.165, 1.54) is 0 Å². The summed E-state index contributed by atoms with van der Waals surface area (Å²) in [7, 11) is 0. The largest absolute Gasteiger partial charge is 0.448 e. The lowest BCUT2D eigenvalue weighted by Gasteiger charge is -1.92. The van der Waals surface area contributed by atoms with Gasteiger partial charge in [0.1, 0.15) is 6.54 Å². The van der Waals surface area contributed by atoms with Crippen molar-refractivity contribution in [2.24, 2.45) is 5.11 Å². The van der Waals surface area contributed by atoms with Crippen LogP contribution in [0.2, 0.25) is 0 Å². The second kappa shape index (κ2) is 4.93. The Labute approximate surface area is 52.8 Å². The standard InChI is InChI=1S/C4H8N4O/c1-2-9-4(5)3-7-8-6/h5H,2-3H2,1H3/p+1. The average Bonchev–Trinajstić information content (AvgIpc) is 1.85. The van der Waals surface area contributed by atoms with Gasteiger partial charge in [0.15, 0.2) is 0 Å². The molecule has 2 N–H and O–H groups in total. The maximum atomic E-state index is 7.82. The second-order valence-corrected chi connectivity index (χ2v) is 1.29. The Morgan fingerprint density at radius 1 is 1.89 bits per heavy atom. The first-order valence-electron chi connectivity index (χ1n) is 2.56. The molecule has 0 saturated carbocycles. The van der Waals surface area contributed by atoms with Gasteiger partial charge in [-0.3, -0.25) is 0 Å². The van der Waals surface area contributed by atoms with E-state index in [1.807, 2.05) is 6.92 Å². The molecule has 50 valence electrons. The summed E-state index contributed by atoms with van der Waals surface area (Å²) in [6.07, 6.45) is 0. The molecular formula is C4H9N4O+. The number of rotatable bonds is 3. The molecule has 0 fully saturated rings. The molecule has 5 nitrogen and oxygen atoms in total. The fraction of sp³-hybridized carbons (Fsp3) is 0.750. The third-order valence-corrected chi connectivity index (χ3v) is 0.620. The van der Waals surface area contributed by atoms with Gasteiger partial charge >= 0.3 is 5.90 Å². The molecule has 0 saturated heterocycles. The summed E-state index contributed by atoms with van der Waals surface area (Å²) >= 11 is 0. The predicted molar refractivity (Wildman–Crippen MR) is 32.6 cm³/mol. The number of azide groups is 1. The summed E-state index contributed by atoms with van der Waals surface area (Å²) in [6, 6.07) is 0. The number of ether oxygens (including phenoxy) is 1. The molecule has 9 heavy (non-hydrogen) atoms. The summed E-state index contributed by atoms with van der Waals surface area (Å²) in [5.41, 5.74) is 7.82. The molecule has 0 heterocycles. The minimum absolute atomic E-state index is 0.115. The monoisotopic (exact) mass is 129 g/mol. The van der Waals surface area contributed by atoms with Gasteiger partial charge in [-0.05, 0) is 12.5 Å². The van der Waals surface area contributed by atoms with E-state index in [-0.39, 0.29) is 12.4 Å². The molecule has 0 aliphatic rings. The first-order chi connectivity index (χ1) is 4.31. The van der Waals surface area contributed by atoms with Crippen LogP contribution in [0.25, 0.3) is 10.4 Å². The lowest BCUT2D eigenvalue weighted by Crippen LogP contribution is -2.43. The van der Waals surface area contributed by atoms with E-state index in [1.54, 1.807) is 0 Å². The number of nitrogens with zero attached hydrogens (tertiary/aromatic N) is 3. The second-order valence-electron chi connectivity index (χ2n) is 1.29. The van der Waals surface area contributed by atoms with Gasteiger partial charge < -0.3 is 4.74 Å². The third-order valence-electron chi connectivity index (χ3n) is 0.620. The summed E-state index contributed by atoms with van der Waals surface area (Å²) in [5, 5.41) is 8.38. The molecule has 5 heteroatoms.